The minimum Gasteiger partial charge on any atom is -0.497 e. The summed E-state index contributed by atoms with van der Waals surface area (Å²) < 4.78 is 12.4. The van der Waals surface area contributed by atoms with E-state index < -0.39 is 11.5 Å². The number of benzene rings is 2. The van der Waals surface area contributed by atoms with Crippen LogP contribution in [0.15, 0.2) is 59.4 Å². The van der Waals surface area contributed by atoms with E-state index in [4.69, 9.17) is 9.47 Å². The lowest BCUT2D eigenvalue weighted by Gasteiger charge is -2.32. The van der Waals surface area contributed by atoms with Gasteiger partial charge in [-0.15, -0.1) is 0 Å². The van der Waals surface area contributed by atoms with Gasteiger partial charge in [0, 0.05) is 29.1 Å². The zero-order chi connectivity index (χ0) is 25.9. The Morgan fingerprint density at radius 1 is 1.00 bits per heavy atom. The molecular weight excluding hydrogens is 456 g/mol. The zero-order valence-electron chi connectivity index (χ0n) is 21.2. The topological polar surface area (TPSA) is 86.6 Å². The number of carbonyl (C=O) groups excluding carboxylic acids is 2. The van der Waals surface area contributed by atoms with E-state index in [1.54, 1.807) is 55.6 Å². The van der Waals surface area contributed by atoms with Crippen LogP contribution in [-0.2, 0) is 6.42 Å². The number of anilines is 1. The molecule has 1 N–H and O–H groups in total. The van der Waals surface area contributed by atoms with Gasteiger partial charge in [-0.2, -0.15) is 0 Å². The highest BCUT2D eigenvalue weighted by Crippen LogP contribution is 2.35. The molecule has 3 aromatic rings. The SMILES string of the molecule is CCCCOc1ccc(NC(=O)c2cc3c(n(-c4ccc(OC)cc4)c2=O)CC(C)(C)CC3=O)cc1. The number of Topliss-reactive ketones (excluding diaryl/α,β-unsaturated/α-hetero) is 1. The number of rotatable bonds is 8. The maximum absolute atomic E-state index is 13.7. The third-order valence-corrected chi connectivity index (χ3v) is 6.34. The van der Waals surface area contributed by atoms with Crippen LogP contribution in [0.25, 0.3) is 5.69 Å². The van der Waals surface area contributed by atoms with Gasteiger partial charge < -0.3 is 14.8 Å². The summed E-state index contributed by atoms with van der Waals surface area (Å²) in [4.78, 5) is 40.0. The summed E-state index contributed by atoms with van der Waals surface area (Å²) >= 11 is 0. The van der Waals surface area contributed by atoms with Gasteiger partial charge in [-0.1, -0.05) is 27.2 Å². The molecule has 0 saturated carbocycles. The lowest BCUT2D eigenvalue weighted by atomic mass is 9.75. The summed E-state index contributed by atoms with van der Waals surface area (Å²) in [6.07, 6.45) is 2.90. The number of methoxy groups -OCH3 is 1. The number of nitrogens with zero attached hydrogens (tertiary/aromatic N) is 1. The molecule has 0 spiro atoms. The van der Waals surface area contributed by atoms with Crippen LogP contribution in [0.5, 0.6) is 11.5 Å². The van der Waals surface area contributed by atoms with Gasteiger partial charge in [0.15, 0.2) is 5.78 Å². The van der Waals surface area contributed by atoms with Gasteiger partial charge in [0.2, 0.25) is 0 Å². The van der Waals surface area contributed by atoms with Gasteiger partial charge in [-0.25, -0.2) is 0 Å². The van der Waals surface area contributed by atoms with Crippen molar-refractivity contribution >= 4 is 17.4 Å². The van der Waals surface area contributed by atoms with Gasteiger partial charge in [-0.05, 0) is 72.9 Å². The molecule has 1 aliphatic carbocycles. The van der Waals surface area contributed by atoms with Crippen molar-refractivity contribution in [2.24, 2.45) is 5.41 Å². The largest absolute Gasteiger partial charge is 0.497 e. The van der Waals surface area contributed by atoms with Crippen molar-refractivity contribution in [2.45, 2.75) is 46.5 Å². The summed E-state index contributed by atoms with van der Waals surface area (Å²) in [5.74, 6) is 0.715. The number of hydrogen-bond acceptors (Lipinski definition) is 5. The molecule has 1 heterocycles. The first-order valence-electron chi connectivity index (χ1n) is 12.2. The lowest BCUT2D eigenvalue weighted by molar-refractivity contribution is 0.0908. The number of ether oxygens (including phenoxy) is 2. The van der Waals surface area contributed by atoms with E-state index in [1.165, 1.54) is 10.6 Å². The lowest BCUT2D eigenvalue weighted by Crippen LogP contribution is -2.37. The van der Waals surface area contributed by atoms with Crippen molar-refractivity contribution in [1.29, 1.82) is 0 Å². The smallest absolute Gasteiger partial charge is 0.268 e. The second-order valence-corrected chi connectivity index (χ2v) is 9.88. The summed E-state index contributed by atoms with van der Waals surface area (Å²) in [6.45, 7) is 6.74. The second kappa shape index (κ2) is 10.4. The quantitative estimate of drug-likeness (QED) is 0.427. The Hall–Kier alpha value is -3.87. The number of aromatic nitrogens is 1. The molecule has 188 valence electrons. The highest BCUT2D eigenvalue weighted by molar-refractivity contribution is 6.07. The molecule has 0 unspecified atom stereocenters. The standard InChI is InChI=1S/C29H32N2O5/c1-5-6-15-36-22-11-7-19(8-12-22)30-27(33)24-16-23-25(17-29(2,3)18-26(23)32)31(28(24)34)20-9-13-21(35-4)14-10-20/h7-14,16H,5-6,15,17-18H2,1-4H3,(H,30,33). The van der Waals surface area contributed by atoms with Crippen LogP contribution in [0.3, 0.4) is 0 Å². The monoisotopic (exact) mass is 488 g/mol. The molecule has 0 saturated heterocycles. The Morgan fingerprint density at radius 2 is 1.67 bits per heavy atom. The molecule has 7 heteroatoms. The molecular formula is C29H32N2O5. The highest BCUT2D eigenvalue weighted by Gasteiger charge is 2.35. The fraction of sp³-hybridized carbons (Fsp3) is 0.345. The van der Waals surface area contributed by atoms with Gasteiger partial charge in [-0.3, -0.25) is 19.0 Å². The Morgan fingerprint density at radius 3 is 2.31 bits per heavy atom. The van der Waals surface area contributed by atoms with Gasteiger partial charge in [0.25, 0.3) is 11.5 Å². The number of pyridine rings is 1. The van der Waals surface area contributed by atoms with Crippen LogP contribution in [-0.4, -0.2) is 30.0 Å². The third-order valence-electron chi connectivity index (χ3n) is 6.34. The Labute approximate surface area is 211 Å². The van der Waals surface area contributed by atoms with Crippen molar-refractivity contribution in [2.75, 3.05) is 19.0 Å². The third kappa shape index (κ3) is 5.35. The Balaban J connectivity index is 1.72. The van der Waals surface area contributed by atoms with Crippen LogP contribution in [0, 0.1) is 5.41 Å². The number of amides is 1. The molecule has 2 aromatic carbocycles. The van der Waals surface area contributed by atoms with E-state index in [1.807, 2.05) is 13.8 Å². The number of unbranched alkanes of at least 4 members (excludes halogenated alkanes) is 1. The van der Waals surface area contributed by atoms with Crippen LogP contribution in [0.4, 0.5) is 5.69 Å². The molecule has 36 heavy (non-hydrogen) atoms. The first kappa shape index (κ1) is 25.2. The molecule has 1 amide bonds. The first-order chi connectivity index (χ1) is 17.2. The minimum absolute atomic E-state index is 0.0776. The molecule has 0 bridgehead atoms. The normalized spacial score (nSPS) is 14.2. The van der Waals surface area contributed by atoms with Crippen LogP contribution < -0.4 is 20.3 Å². The number of ketones is 1. The van der Waals surface area contributed by atoms with E-state index in [-0.39, 0.29) is 16.8 Å². The number of carbonyl (C=O) groups is 2. The molecule has 0 atom stereocenters. The van der Waals surface area contributed by atoms with Crippen molar-refractivity contribution < 1.29 is 19.1 Å². The van der Waals surface area contributed by atoms with Gasteiger partial charge >= 0.3 is 0 Å². The fourth-order valence-electron chi connectivity index (χ4n) is 4.45. The number of hydrogen-bond donors (Lipinski definition) is 1. The van der Waals surface area contributed by atoms with Crippen LogP contribution >= 0.6 is 0 Å². The average Bonchev–Trinajstić information content (AvgIpc) is 2.84. The van der Waals surface area contributed by atoms with E-state index >= 15 is 0 Å². The summed E-state index contributed by atoms with van der Waals surface area (Å²) in [7, 11) is 1.57. The maximum atomic E-state index is 13.7. The van der Waals surface area contributed by atoms with E-state index in [9.17, 15) is 14.4 Å². The van der Waals surface area contributed by atoms with Crippen molar-refractivity contribution in [3.8, 4) is 17.2 Å². The predicted molar refractivity (Wildman–Crippen MR) is 140 cm³/mol. The second-order valence-electron chi connectivity index (χ2n) is 9.88. The van der Waals surface area contributed by atoms with E-state index in [2.05, 4.69) is 12.2 Å². The summed E-state index contributed by atoms with van der Waals surface area (Å²) in [5.41, 5.74) is 1.29. The average molecular weight is 489 g/mol. The molecule has 0 fully saturated rings. The van der Waals surface area contributed by atoms with Crippen LogP contribution in [0.1, 0.15) is 66.4 Å². The summed E-state index contributed by atoms with van der Waals surface area (Å²) in [6, 6.07) is 15.5. The molecule has 1 aliphatic rings. The van der Waals surface area contributed by atoms with Gasteiger partial charge in [0.1, 0.15) is 17.1 Å². The van der Waals surface area contributed by atoms with E-state index in [0.29, 0.717) is 53.6 Å². The molecule has 7 nitrogen and oxygen atoms in total. The maximum Gasteiger partial charge on any atom is 0.268 e. The van der Waals surface area contributed by atoms with Crippen molar-refractivity contribution in [3.05, 3.63) is 81.8 Å². The minimum atomic E-state index is -0.567. The number of fused-ring (bicyclic) bond motifs is 1. The first-order valence-corrected chi connectivity index (χ1v) is 12.2. The molecule has 0 radical (unpaired) electrons. The Kier molecular flexibility index (Phi) is 7.29. The van der Waals surface area contributed by atoms with Gasteiger partial charge in [0.05, 0.1) is 13.7 Å². The molecule has 1 aromatic heterocycles. The predicted octanol–water partition coefficient (Wildman–Crippen LogP) is 5.43. The van der Waals surface area contributed by atoms with Crippen molar-refractivity contribution in [3.63, 3.8) is 0 Å². The summed E-state index contributed by atoms with van der Waals surface area (Å²) in [5, 5.41) is 2.79. The number of nitrogens with one attached hydrogen (secondary N) is 1. The fourth-order valence-corrected chi connectivity index (χ4v) is 4.45. The molecule has 4 rings (SSSR count). The highest BCUT2D eigenvalue weighted by atomic mass is 16.5. The molecule has 0 aliphatic heterocycles. The zero-order valence-corrected chi connectivity index (χ0v) is 21.2. The van der Waals surface area contributed by atoms with Crippen LogP contribution in [0.2, 0.25) is 0 Å². The van der Waals surface area contributed by atoms with Crippen molar-refractivity contribution in [1.82, 2.24) is 4.57 Å². The van der Waals surface area contributed by atoms with E-state index in [0.717, 1.165) is 12.8 Å². The Bertz CT molecular complexity index is 1320.